The quantitative estimate of drug-likeness (QED) is 0.510. The zero-order chi connectivity index (χ0) is 23.6. The molecule has 0 radical (unpaired) electrons. The third-order valence-electron chi connectivity index (χ3n) is 5.61. The number of carbonyl (C=O) groups excluding carboxylic acids is 2. The van der Waals surface area contributed by atoms with Gasteiger partial charge in [0.15, 0.2) is 0 Å². The van der Waals surface area contributed by atoms with Gasteiger partial charge in [0.05, 0.1) is 17.6 Å². The van der Waals surface area contributed by atoms with E-state index in [-0.39, 0.29) is 11.4 Å². The van der Waals surface area contributed by atoms with Crippen molar-refractivity contribution in [2.24, 2.45) is 0 Å². The minimum Gasteiger partial charge on any atom is -0.465 e. The number of benzene rings is 2. The fraction of sp³-hybridized carbons (Fsp3) is 0.250. The molecule has 0 atom stereocenters. The van der Waals surface area contributed by atoms with Crippen molar-refractivity contribution in [1.29, 1.82) is 0 Å². The second kappa shape index (κ2) is 9.46. The summed E-state index contributed by atoms with van der Waals surface area (Å²) in [6, 6.07) is 15.1. The van der Waals surface area contributed by atoms with Gasteiger partial charge in [-0.3, -0.25) is 4.79 Å². The number of amides is 1. The summed E-state index contributed by atoms with van der Waals surface area (Å²) in [5, 5.41) is 3.27. The van der Waals surface area contributed by atoms with Gasteiger partial charge >= 0.3 is 5.97 Å². The number of esters is 1. The van der Waals surface area contributed by atoms with Crippen LogP contribution >= 0.6 is 11.3 Å². The summed E-state index contributed by atoms with van der Waals surface area (Å²) in [6.45, 7) is 0.241. The number of thiophene rings is 1. The van der Waals surface area contributed by atoms with Crippen LogP contribution in [0.4, 0.5) is 5.00 Å². The molecule has 0 saturated heterocycles. The average molecular weight is 485 g/mol. The molecule has 7 nitrogen and oxygen atoms in total. The van der Waals surface area contributed by atoms with Crippen LogP contribution in [0.1, 0.15) is 43.1 Å². The summed E-state index contributed by atoms with van der Waals surface area (Å²) < 4.78 is 32.0. The largest absolute Gasteiger partial charge is 0.465 e. The number of carbonyl (C=O) groups is 2. The van der Waals surface area contributed by atoms with Crippen molar-refractivity contribution in [2.45, 2.75) is 30.7 Å². The monoisotopic (exact) mass is 484 g/mol. The fourth-order valence-corrected chi connectivity index (χ4v) is 6.30. The highest BCUT2D eigenvalue weighted by Crippen LogP contribution is 2.39. The van der Waals surface area contributed by atoms with Crippen LogP contribution in [0.5, 0.6) is 0 Å². The molecule has 0 saturated carbocycles. The lowest BCUT2D eigenvalue weighted by Crippen LogP contribution is -2.26. The third-order valence-corrected chi connectivity index (χ3v) is 8.64. The van der Waals surface area contributed by atoms with E-state index in [9.17, 15) is 18.0 Å². The van der Waals surface area contributed by atoms with Crippen LogP contribution in [0.3, 0.4) is 0 Å². The van der Waals surface area contributed by atoms with E-state index >= 15 is 0 Å². The van der Waals surface area contributed by atoms with Gasteiger partial charge in [0.25, 0.3) is 5.91 Å². The summed E-state index contributed by atoms with van der Waals surface area (Å²) >= 11 is 1.39. The lowest BCUT2D eigenvalue weighted by Gasteiger charge is -2.17. The second-order valence-electron chi connectivity index (χ2n) is 7.78. The van der Waals surface area contributed by atoms with Gasteiger partial charge in [-0.2, -0.15) is 4.31 Å². The Bertz CT molecular complexity index is 1280. The van der Waals surface area contributed by atoms with Crippen LogP contribution in [-0.4, -0.2) is 38.8 Å². The highest BCUT2D eigenvalue weighted by Gasteiger charge is 2.28. The summed E-state index contributed by atoms with van der Waals surface area (Å²) in [6.07, 6.45) is 2.64. The number of hydrogen-bond donors (Lipinski definition) is 1. The van der Waals surface area contributed by atoms with Crippen LogP contribution in [-0.2, 0) is 34.1 Å². The van der Waals surface area contributed by atoms with Gasteiger partial charge in [0.2, 0.25) is 10.0 Å². The molecular weight excluding hydrogens is 460 g/mol. The van der Waals surface area contributed by atoms with E-state index in [1.165, 1.54) is 54.1 Å². The molecule has 33 heavy (non-hydrogen) atoms. The maximum Gasteiger partial charge on any atom is 0.341 e. The minimum absolute atomic E-state index is 0.0998. The maximum absolute atomic E-state index is 12.9. The molecule has 0 bridgehead atoms. The fourth-order valence-electron chi connectivity index (χ4n) is 3.87. The molecule has 1 amide bonds. The third kappa shape index (κ3) is 4.71. The molecule has 4 rings (SSSR count). The predicted octanol–water partition coefficient (Wildman–Crippen LogP) is 4.10. The van der Waals surface area contributed by atoms with Gasteiger partial charge in [0.1, 0.15) is 5.00 Å². The molecule has 0 spiro atoms. The van der Waals surface area contributed by atoms with E-state index < -0.39 is 21.9 Å². The van der Waals surface area contributed by atoms with Crippen molar-refractivity contribution in [3.8, 4) is 0 Å². The number of rotatable bonds is 7. The molecule has 1 aliphatic rings. The molecule has 1 aromatic heterocycles. The van der Waals surface area contributed by atoms with Crippen molar-refractivity contribution >= 4 is 38.2 Å². The zero-order valence-electron chi connectivity index (χ0n) is 18.3. The molecule has 3 aromatic rings. The lowest BCUT2D eigenvalue weighted by molar-refractivity contribution is 0.0601. The maximum atomic E-state index is 12.9. The Morgan fingerprint density at radius 2 is 1.76 bits per heavy atom. The number of nitrogens with zero attached hydrogens (tertiary/aromatic N) is 1. The van der Waals surface area contributed by atoms with E-state index in [1.807, 2.05) is 30.3 Å². The standard InChI is InChI=1S/C24H24N2O5S2/c1-26(15-16-7-4-3-5-8-16)33(29,30)18-13-11-17(12-14-18)22(27)25-23-21(24(28)31-2)19-9-6-10-20(19)32-23/h3-5,7-8,11-14H,6,9-10,15H2,1-2H3,(H,25,27). The number of fused-ring (bicyclic) bond motifs is 1. The van der Waals surface area contributed by atoms with Gasteiger partial charge < -0.3 is 10.1 Å². The summed E-state index contributed by atoms with van der Waals surface area (Å²) in [5.41, 5.74) is 2.54. The Balaban J connectivity index is 1.51. The van der Waals surface area contributed by atoms with E-state index in [0.29, 0.717) is 16.1 Å². The van der Waals surface area contributed by atoms with Gasteiger partial charge in [-0.1, -0.05) is 30.3 Å². The molecule has 1 aliphatic carbocycles. The van der Waals surface area contributed by atoms with Crippen LogP contribution in [0, 0.1) is 0 Å². The van der Waals surface area contributed by atoms with Crippen molar-refractivity contribution < 1.29 is 22.7 Å². The van der Waals surface area contributed by atoms with Crippen molar-refractivity contribution in [1.82, 2.24) is 4.31 Å². The molecule has 0 fully saturated rings. The molecular formula is C24H24N2O5S2. The van der Waals surface area contributed by atoms with Crippen molar-refractivity contribution in [3.05, 3.63) is 81.7 Å². The number of anilines is 1. The molecule has 9 heteroatoms. The predicted molar refractivity (Wildman–Crippen MR) is 127 cm³/mol. The van der Waals surface area contributed by atoms with Gasteiger partial charge in [-0.05, 0) is 54.7 Å². The van der Waals surface area contributed by atoms with Gasteiger partial charge in [0, 0.05) is 24.0 Å². The molecule has 172 valence electrons. The normalized spacial score (nSPS) is 13.1. The first-order valence-corrected chi connectivity index (χ1v) is 12.7. The van der Waals surface area contributed by atoms with Crippen molar-refractivity contribution in [3.63, 3.8) is 0 Å². The number of methoxy groups -OCH3 is 1. The van der Waals surface area contributed by atoms with Crippen LogP contribution in [0.15, 0.2) is 59.5 Å². The van der Waals surface area contributed by atoms with E-state index in [2.05, 4.69) is 5.32 Å². The van der Waals surface area contributed by atoms with Gasteiger partial charge in [-0.25, -0.2) is 13.2 Å². The molecule has 2 aromatic carbocycles. The summed E-state index contributed by atoms with van der Waals surface area (Å²) in [7, 11) is -0.874. The molecule has 1 heterocycles. The topological polar surface area (TPSA) is 92.8 Å². The minimum atomic E-state index is -3.72. The molecule has 0 aliphatic heterocycles. The van der Waals surface area contributed by atoms with E-state index in [0.717, 1.165) is 35.3 Å². The second-order valence-corrected chi connectivity index (χ2v) is 10.9. The highest BCUT2D eigenvalue weighted by molar-refractivity contribution is 7.89. The Hall–Kier alpha value is -3.01. The Kier molecular flexibility index (Phi) is 6.64. The molecule has 1 N–H and O–H groups in total. The first-order chi connectivity index (χ1) is 15.8. The van der Waals surface area contributed by atoms with Gasteiger partial charge in [-0.15, -0.1) is 11.3 Å². The summed E-state index contributed by atoms with van der Waals surface area (Å²) in [5.74, 6) is -0.880. The van der Waals surface area contributed by atoms with Crippen LogP contribution in [0.2, 0.25) is 0 Å². The number of sulfonamides is 1. The first kappa shape index (κ1) is 23.2. The van der Waals surface area contributed by atoms with E-state index in [4.69, 9.17) is 4.74 Å². The van der Waals surface area contributed by atoms with E-state index in [1.54, 1.807) is 0 Å². The highest BCUT2D eigenvalue weighted by atomic mass is 32.2. The SMILES string of the molecule is COC(=O)c1c(NC(=O)c2ccc(S(=O)(=O)N(C)Cc3ccccc3)cc2)sc2c1CCC2. The lowest BCUT2D eigenvalue weighted by atomic mass is 10.1. The number of hydrogen-bond acceptors (Lipinski definition) is 6. The molecule has 0 unspecified atom stereocenters. The number of ether oxygens (including phenoxy) is 1. The number of nitrogens with one attached hydrogen (secondary N) is 1. The van der Waals surface area contributed by atoms with Crippen LogP contribution in [0.25, 0.3) is 0 Å². The number of aryl methyl sites for hydroxylation is 1. The van der Waals surface area contributed by atoms with Crippen molar-refractivity contribution in [2.75, 3.05) is 19.5 Å². The average Bonchev–Trinajstić information content (AvgIpc) is 3.40. The Morgan fingerprint density at radius 3 is 2.42 bits per heavy atom. The van der Waals surface area contributed by atoms with Crippen LogP contribution < -0.4 is 5.32 Å². The Labute approximate surface area is 197 Å². The Morgan fingerprint density at radius 1 is 1.06 bits per heavy atom. The smallest absolute Gasteiger partial charge is 0.341 e. The zero-order valence-corrected chi connectivity index (χ0v) is 20.0. The summed E-state index contributed by atoms with van der Waals surface area (Å²) in [4.78, 5) is 26.3. The first-order valence-electron chi connectivity index (χ1n) is 10.5.